The van der Waals surface area contributed by atoms with Crippen molar-refractivity contribution in [3.8, 4) is 0 Å². The summed E-state index contributed by atoms with van der Waals surface area (Å²) >= 11 is 9.20. The first-order valence-corrected chi connectivity index (χ1v) is 7.34. The fourth-order valence-corrected chi connectivity index (χ4v) is 3.19. The van der Waals surface area contributed by atoms with Crippen LogP contribution in [0.1, 0.15) is 24.8 Å². The van der Waals surface area contributed by atoms with Crippen molar-refractivity contribution in [3.63, 3.8) is 0 Å². The van der Waals surface area contributed by atoms with Gasteiger partial charge in [0.25, 0.3) is 0 Å². The lowest BCUT2D eigenvalue weighted by atomic mass is 10.1. The van der Waals surface area contributed by atoms with Crippen molar-refractivity contribution in [1.82, 2.24) is 0 Å². The Kier molecular flexibility index (Phi) is 4.66. The number of benzene rings is 1. The zero-order valence-corrected chi connectivity index (χ0v) is 12.4. The summed E-state index contributed by atoms with van der Waals surface area (Å²) in [6.45, 7) is 0.743. The molecule has 1 aliphatic carbocycles. The van der Waals surface area contributed by atoms with E-state index in [1.165, 1.54) is 6.07 Å². The predicted octanol–water partition coefficient (Wildman–Crippen LogP) is 5.29. The van der Waals surface area contributed by atoms with Crippen LogP contribution in [0.2, 0.25) is 0 Å². The second-order valence-corrected chi connectivity index (χ2v) is 6.32. The second-order valence-electron chi connectivity index (χ2n) is 4.85. The molecule has 1 aliphatic rings. The van der Waals surface area contributed by atoms with Crippen LogP contribution in [0.5, 0.6) is 0 Å². The summed E-state index contributed by atoms with van der Waals surface area (Å²) in [6, 6.07) is 3.65. The Balaban J connectivity index is 1.98. The van der Waals surface area contributed by atoms with Gasteiger partial charge in [-0.05, 0) is 59.3 Å². The number of hydrogen-bond acceptors (Lipinski definition) is 1. The maximum Gasteiger partial charge on any atom is 0.416 e. The van der Waals surface area contributed by atoms with Gasteiger partial charge >= 0.3 is 6.18 Å². The Bertz CT molecular complexity index is 450. The Morgan fingerprint density at radius 1 is 1.32 bits per heavy atom. The van der Waals surface area contributed by atoms with Crippen molar-refractivity contribution in [3.05, 3.63) is 28.2 Å². The lowest BCUT2D eigenvalue weighted by molar-refractivity contribution is -0.137. The monoisotopic (exact) mass is 355 g/mol. The van der Waals surface area contributed by atoms with E-state index in [4.69, 9.17) is 11.6 Å². The van der Waals surface area contributed by atoms with Crippen LogP contribution < -0.4 is 5.32 Å². The minimum Gasteiger partial charge on any atom is -0.384 e. The van der Waals surface area contributed by atoms with Crippen LogP contribution in [0.15, 0.2) is 22.7 Å². The molecule has 1 N–H and O–H groups in total. The topological polar surface area (TPSA) is 12.0 Å². The number of halogens is 5. The van der Waals surface area contributed by atoms with Gasteiger partial charge in [-0.25, -0.2) is 0 Å². The lowest BCUT2D eigenvalue weighted by Crippen LogP contribution is -2.12. The first kappa shape index (κ1) is 15.0. The van der Waals surface area contributed by atoms with Gasteiger partial charge in [0.1, 0.15) is 0 Å². The minimum atomic E-state index is -4.31. The van der Waals surface area contributed by atoms with Crippen molar-refractivity contribution in [2.75, 3.05) is 11.9 Å². The molecule has 1 saturated carbocycles. The van der Waals surface area contributed by atoms with Gasteiger partial charge in [0.15, 0.2) is 0 Å². The maximum absolute atomic E-state index is 12.5. The molecular formula is C13H14BrClF3N. The quantitative estimate of drug-likeness (QED) is 0.726. The predicted molar refractivity (Wildman–Crippen MR) is 74.6 cm³/mol. The largest absolute Gasteiger partial charge is 0.416 e. The molecule has 19 heavy (non-hydrogen) atoms. The van der Waals surface area contributed by atoms with Gasteiger partial charge in [-0.15, -0.1) is 11.6 Å². The van der Waals surface area contributed by atoms with Crippen LogP contribution in [-0.4, -0.2) is 11.9 Å². The molecule has 1 nitrogen and oxygen atoms in total. The van der Waals surface area contributed by atoms with Gasteiger partial charge in [-0.1, -0.05) is 0 Å². The first-order valence-electron chi connectivity index (χ1n) is 6.11. The van der Waals surface area contributed by atoms with Crippen LogP contribution in [0.25, 0.3) is 0 Å². The zero-order valence-electron chi connectivity index (χ0n) is 10.1. The maximum atomic E-state index is 12.5. The van der Waals surface area contributed by atoms with Gasteiger partial charge < -0.3 is 5.32 Å². The van der Waals surface area contributed by atoms with Crippen LogP contribution in [0, 0.1) is 5.92 Å². The highest BCUT2D eigenvalue weighted by Gasteiger charge is 2.31. The normalized spacial score (nSPS) is 23.6. The average molecular weight is 357 g/mol. The fraction of sp³-hybridized carbons (Fsp3) is 0.538. The van der Waals surface area contributed by atoms with E-state index >= 15 is 0 Å². The van der Waals surface area contributed by atoms with E-state index < -0.39 is 11.7 Å². The number of nitrogens with one attached hydrogen (secondary N) is 1. The van der Waals surface area contributed by atoms with Crippen LogP contribution in [-0.2, 0) is 6.18 Å². The average Bonchev–Trinajstić information content (AvgIpc) is 2.72. The molecule has 0 amide bonds. The molecule has 2 unspecified atom stereocenters. The standard InChI is InChI=1S/C13H14BrClF3N/c14-11-6-9(13(16,17)18)2-4-12(11)19-7-8-1-3-10(15)5-8/h2,4,6,8,10,19H,1,3,5,7H2. The van der Waals surface area contributed by atoms with Crippen molar-refractivity contribution in [1.29, 1.82) is 0 Å². The molecule has 0 aliphatic heterocycles. The highest BCUT2D eigenvalue weighted by Crippen LogP contribution is 2.35. The molecule has 1 fully saturated rings. The fourth-order valence-electron chi connectivity index (χ4n) is 2.29. The zero-order chi connectivity index (χ0) is 14.0. The first-order chi connectivity index (χ1) is 8.86. The van der Waals surface area contributed by atoms with E-state index in [9.17, 15) is 13.2 Å². The van der Waals surface area contributed by atoms with Gasteiger partial charge in [0.05, 0.1) is 5.56 Å². The molecule has 0 saturated heterocycles. The number of hydrogen-bond donors (Lipinski definition) is 1. The lowest BCUT2D eigenvalue weighted by Gasteiger charge is -2.15. The Labute approximate surface area is 123 Å². The van der Waals surface area contributed by atoms with E-state index in [-0.39, 0.29) is 5.38 Å². The van der Waals surface area contributed by atoms with Crippen molar-refractivity contribution >= 4 is 33.2 Å². The van der Waals surface area contributed by atoms with Gasteiger partial charge in [0, 0.05) is 22.1 Å². The van der Waals surface area contributed by atoms with Crippen molar-refractivity contribution in [2.45, 2.75) is 30.8 Å². The second kappa shape index (κ2) is 5.92. The molecule has 1 aromatic rings. The molecule has 106 valence electrons. The summed E-state index contributed by atoms with van der Waals surface area (Å²) in [5.74, 6) is 0.497. The third-order valence-electron chi connectivity index (χ3n) is 3.35. The molecule has 0 aromatic heterocycles. The summed E-state index contributed by atoms with van der Waals surface area (Å²) in [5, 5.41) is 3.42. The molecule has 0 spiro atoms. The van der Waals surface area contributed by atoms with E-state index in [1.807, 2.05) is 0 Å². The van der Waals surface area contributed by atoms with Crippen LogP contribution >= 0.6 is 27.5 Å². The van der Waals surface area contributed by atoms with E-state index in [1.54, 1.807) is 0 Å². The highest BCUT2D eigenvalue weighted by molar-refractivity contribution is 9.10. The third kappa shape index (κ3) is 4.02. The Hall–Kier alpha value is -0.420. The summed E-state index contributed by atoms with van der Waals surface area (Å²) in [6.07, 6.45) is -1.26. The molecule has 0 bridgehead atoms. The molecule has 2 atom stereocenters. The van der Waals surface area contributed by atoms with E-state index in [0.717, 1.165) is 37.9 Å². The molecular weight excluding hydrogens is 343 g/mol. The van der Waals surface area contributed by atoms with Crippen LogP contribution in [0.3, 0.4) is 0 Å². The van der Waals surface area contributed by atoms with Gasteiger partial charge in [-0.3, -0.25) is 0 Å². The van der Waals surface area contributed by atoms with Gasteiger partial charge in [0.2, 0.25) is 0 Å². The minimum absolute atomic E-state index is 0.239. The molecule has 6 heteroatoms. The molecule has 0 radical (unpaired) electrons. The summed E-state index contributed by atoms with van der Waals surface area (Å²) in [7, 11) is 0. The van der Waals surface area contributed by atoms with E-state index in [2.05, 4.69) is 21.2 Å². The van der Waals surface area contributed by atoms with E-state index in [0.29, 0.717) is 16.1 Å². The smallest absolute Gasteiger partial charge is 0.384 e. The Morgan fingerprint density at radius 2 is 2.05 bits per heavy atom. The Morgan fingerprint density at radius 3 is 2.58 bits per heavy atom. The summed E-state index contributed by atoms with van der Waals surface area (Å²) < 4.78 is 38.0. The number of rotatable bonds is 3. The molecule has 1 aromatic carbocycles. The number of anilines is 1. The molecule has 2 rings (SSSR count). The SMILES string of the molecule is FC(F)(F)c1ccc(NCC2CCC(Cl)C2)c(Br)c1. The van der Waals surface area contributed by atoms with Crippen molar-refractivity contribution < 1.29 is 13.2 Å². The third-order valence-corrected chi connectivity index (χ3v) is 4.41. The highest BCUT2D eigenvalue weighted by atomic mass is 79.9. The molecule has 0 heterocycles. The van der Waals surface area contributed by atoms with Crippen molar-refractivity contribution in [2.24, 2.45) is 5.92 Å². The van der Waals surface area contributed by atoms with Crippen LogP contribution in [0.4, 0.5) is 18.9 Å². The van der Waals surface area contributed by atoms with Gasteiger partial charge in [-0.2, -0.15) is 13.2 Å². The number of alkyl halides is 4. The summed E-state index contributed by atoms with van der Waals surface area (Å²) in [4.78, 5) is 0. The summed E-state index contributed by atoms with van der Waals surface area (Å²) in [5.41, 5.74) is 0.0395.